The zero-order valence-corrected chi connectivity index (χ0v) is 9.61. The largest absolute Gasteiger partial charge is 0.469 e. The van der Waals surface area contributed by atoms with Crippen LogP contribution in [0.2, 0.25) is 0 Å². The third-order valence-electron chi connectivity index (χ3n) is 3.02. The van der Waals surface area contributed by atoms with Crippen molar-refractivity contribution in [2.45, 2.75) is 19.3 Å². The minimum atomic E-state index is -0.118. The lowest BCUT2D eigenvalue weighted by atomic mass is 10.0. The molecule has 1 atom stereocenters. The fourth-order valence-electron chi connectivity index (χ4n) is 2.09. The summed E-state index contributed by atoms with van der Waals surface area (Å²) in [6, 6.07) is 3.72. The van der Waals surface area contributed by atoms with Crippen molar-refractivity contribution in [2.24, 2.45) is 0 Å². The number of hydrogen-bond donors (Lipinski definition) is 1. The highest BCUT2D eigenvalue weighted by atomic mass is 16.3. The molecule has 0 aromatic carbocycles. The highest BCUT2D eigenvalue weighted by Crippen LogP contribution is 2.22. The summed E-state index contributed by atoms with van der Waals surface area (Å²) in [6.45, 7) is 5.40. The maximum absolute atomic E-state index is 12.3. The van der Waals surface area contributed by atoms with E-state index < -0.39 is 0 Å². The molecule has 88 valence electrons. The highest BCUT2D eigenvalue weighted by molar-refractivity contribution is 5.83. The summed E-state index contributed by atoms with van der Waals surface area (Å²) in [5, 5.41) is 3.24. The first kappa shape index (κ1) is 11.2. The van der Waals surface area contributed by atoms with Crippen LogP contribution in [0.5, 0.6) is 0 Å². The molecule has 1 aliphatic rings. The van der Waals surface area contributed by atoms with Crippen LogP contribution < -0.4 is 5.32 Å². The fourth-order valence-corrected chi connectivity index (χ4v) is 2.09. The molecule has 16 heavy (non-hydrogen) atoms. The summed E-state index contributed by atoms with van der Waals surface area (Å²) in [5.74, 6) is 0.859. The van der Waals surface area contributed by atoms with E-state index in [1.54, 1.807) is 6.26 Å². The SMILES string of the molecule is CCC(C(=O)N1CCNCC1)c1ccco1. The molecule has 1 amide bonds. The number of nitrogens with zero attached hydrogens (tertiary/aromatic N) is 1. The van der Waals surface area contributed by atoms with Gasteiger partial charge in [-0.1, -0.05) is 6.92 Å². The Bertz CT molecular complexity index is 329. The lowest BCUT2D eigenvalue weighted by molar-refractivity contribution is -0.133. The van der Waals surface area contributed by atoms with Gasteiger partial charge in [-0.05, 0) is 18.6 Å². The average Bonchev–Trinajstić information content (AvgIpc) is 2.85. The van der Waals surface area contributed by atoms with Gasteiger partial charge in [-0.15, -0.1) is 0 Å². The summed E-state index contributed by atoms with van der Waals surface area (Å²) in [4.78, 5) is 14.2. The average molecular weight is 222 g/mol. The van der Waals surface area contributed by atoms with Crippen LogP contribution in [-0.2, 0) is 4.79 Å². The summed E-state index contributed by atoms with van der Waals surface area (Å²) >= 11 is 0. The van der Waals surface area contributed by atoms with Crippen LogP contribution in [0, 0.1) is 0 Å². The van der Waals surface area contributed by atoms with Crippen LogP contribution >= 0.6 is 0 Å². The molecule has 1 aromatic rings. The van der Waals surface area contributed by atoms with E-state index in [4.69, 9.17) is 4.42 Å². The van der Waals surface area contributed by atoms with Gasteiger partial charge in [-0.3, -0.25) is 4.79 Å². The maximum atomic E-state index is 12.3. The molecule has 0 radical (unpaired) electrons. The van der Waals surface area contributed by atoms with Crippen molar-refractivity contribution in [2.75, 3.05) is 26.2 Å². The number of amides is 1. The molecular formula is C12H18N2O2. The predicted molar refractivity (Wildman–Crippen MR) is 61.2 cm³/mol. The number of nitrogens with one attached hydrogen (secondary N) is 1. The molecule has 4 heteroatoms. The number of rotatable bonds is 3. The summed E-state index contributed by atoms with van der Waals surface area (Å²) < 4.78 is 5.34. The first-order valence-electron chi connectivity index (χ1n) is 5.86. The first-order valence-corrected chi connectivity index (χ1v) is 5.86. The Hall–Kier alpha value is -1.29. The van der Waals surface area contributed by atoms with Crippen LogP contribution in [0.4, 0.5) is 0 Å². The second-order valence-electron chi connectivity index (χ2n) is 4.05. The van der Waals surface area contributed by atoms with Crippen molar-refractivity contribution in [3.63, 3.8) is 0 Å². The topological polar surface area (TPSA) is 45.5 Å². The standard InChI is InChI=1S/C12H18N2O2/c1-2-10(11-4-3-9-16-11)12(15)14-7-5-13-6-8-14/h3-4,9-10,13H,2,5-8H2,1H3. The molecule has 0 aliphatic carbocycles. The maximum Gasteiger partial charge on any atom is 0.233 e. The molecule has 0 bridgehead atoms. The smallest absolute Gasteiger partial charge is 0.233 e. The molecule has 0 spiro atoms. The zero-order chi connectivity index (χ0) is 11.4. The van der Waals surface area contributed by atoms with E-state index in [2.05, 4.69) is 5.32 Å². The zero-order valence-electron chi connectivity index (χ0n) is 9.61. The van der Waals surface area contributed by atoms with Crippen molar-refractivity contribution in [1.82, 2.24) is 10.2 Å². The number of carbonyl (C=O) groups is 1. The third-order valence-corrected chi connectivity index (χ3v) is 3.02. The molecule has 0 saturated carbocycles. The molecule has 1 fully saturated rings. The van der Waals surface area contributed by atoms with E-state index in [0.717, 1.165) is 38.4 Å². The van der Waals surface area contributed by atoms with Crippen LogP contribution in [0.1, 0.15) is 25.0 Å². The van der Waals surface area contributed by atoms with E-state index in [-0.39, 0.29) is 11.8 Å². The molecule has 4 nitrogen and oxygen atoms in total. The minimum absolute atomic E-state index is 0.118. The van der Waals surface area contributed by atoms with E-state index >= 15 is 0 Å². The fraction of sp³-hybridized carbons (Fsp3) is 0.583. The Balaban J connectivity index is 2.06. The van der Waals surface area contributed by atoms with Crippen molar-refractivity contribution in [3.05, 3.63) is 24.2 Å². The molecule has 1 unspecified atom stereocenters. The van der Waals surface area contributed by atoms with Gasteiger partial charge in [0.25, 0.3) is 0 Å². The van der Waals surface area contributed by atoms with Gasteiger partial charge in [0.15, 0.2) is 0 Å². The van der Waals surface area contributed by atoms with Gasteiger partial charge in [0, 0.05) is 26.2 Å². The quantitative estimate of drug-likeness (QED) is 0.836. The molecule has 1 saturated heterocycles. The van der Waals surface area contributed by atoms with Gasteiger partial charge in [0.2, 0.25) is 5.91 Å². The molecule has 2 rings (SSSR count). The lowest BCUT2D eigenvalue weighted by Gasteiger charge is -2.30. The minimum Gasteiger partial charge on any atom is -0.469 e. The van der Waals surface area contributed by atoms with Gasteiger partial charge >= 0.3 is 0 Å². The summed E-state index contributed by atoms with van der Waals surface area (Å²) in [5.41, 5.74) is 0. The second kappa shape index (κ2) is 5.16. The molecule has 2 heterocycles. The number of piperazine rings is 1. The lowest BCUT2D eigenvalue weighted by Crippen LogP contribution is -2.47. The Morgan fingerprint density at radius 3 is 2.88 bits per heavy atom. The van der Waals surface area contributed by atoms with Crippen LogP contribution in [0.25, 0.3) is 0 Å². The summed E-state index contributed by atoms with van der Waals surface area (Å²) in [6.07, 6.45) is 2.42. The van der Waals surface area contributed by atoms with Gasteiger partial charge in [-0.25, -0.2) is 0 Å². The van der Waals surface area contributed by atoms with Gasteiger partial charge in [0.05, 0.1) is 12.2 Å². The van der Waals surface area contributed by atoms with Crippen molar-refractivity contribution in [1.29, 1.82) is 0 Å². The van der Waals surface area contributed by atoms with Crippen LogP contribution in [0.3, 0.4) is 0 Å². The Labute approximate surface area is 95.6 Å². The number of carbonyl (C=O) groups excluding carboxylic acids is 1. The van der Waals surface area contributed by atoms with Crippen molar-refractivity contribution < 1.29 is 9.21 Å². The molecule has 1 aromatic heterocycles. The monoisotopic (exact) mass is 222 g/mol. The normalized spacial score (nSPS) is 18.4. The van der Waals surface area contributed by atoms with E-state index in [1.165, 1.54) is 0 Å². The van der Waals surface area contributed by atoms with E-state index in [9.17, 15) is 4.79 Å². The highest BCUT2D eigenvalue weighted by Gasteiger charge is 2.27. The van der Waals surface area contributed by atoms with Crippen LogP contribution in [-0.4, -0.2) is 37.0 Å². The first-order chi connectivity index (χ1) is 7.83. The Morgan fingerprint density at radius 1 is 1.56 bits per heavy atom. The van der Waals surface area contributed by atoms with E-state index in [0.29, 0.717) is 0 Å². The third kappa shape index (κ3) is 2.27. The van der Waals surface area contributed by atoms with Gasteiger partial charge in [0.1, 0.15) is 5.76 Å². The van der Waals surface area contributed by atoms with Crippen molar-refractivity contribution in [3.8, 4) is 0 Å². The van der Waals surface area contributed by atoms with Gasteiger partial charge in [-0.2, -0.15) is 0 Å². The predicted octanol–water partition coefficient (Wildman–Crippen LogP) is 1.20. The van der Waals surface area contributed by atoms with Crippen molar-refractivity contribution >= 4 is 5.91 Å². The molecule has 1 N–H and O–H groups in total. The number of furan rings is 1. The van der Waals surface area contributed by atoms with Crippen LogP contribution in [0.15, 0.2) is 22.8 Å². The van der Waals surface area contributed by atoms with Gasteiger partial charge < -0.3 is 14.6 Å². The number of hydrogen-bond acceptors (Lipinski definition) is 3. The van der Waals surface area contributed by atoms with E-state index in [1.807, 2.05) is 24.0 Å². The molecule has 1 aliphatic heterocycles. The summed E-state index contributed by atoms with van der Waals surface area (Å²) in [7, 11) is 0. The molecular weight excluding hydrogens is 204 g/mol. The second-order valence-corrected chi connectivity index (χ2v) is 4.05. The Kier molecular flexibility index (Phi) is 3.62. The Morgan fingerprint density at radius 2 is 2.31 bits per heavy atom.